The van der Waals surface area contributed by atoms with Gasteiger partial charge >= 0.3 is 0 Å². The molecule has 0 radical (unpaired) electrons. The van der Waals surface area contributed by atoms with Crippen molar-refractivity contribution in [2.45, 2.75) is 58.3 Å². The predicted molar refractivity (Wildman–Crippen MR) is 107 cm³/mol. The number of unbranched alkanes of at least 4 members (excludes halogenated alkanes) is 1. The molecule has 0 spiro atoms. The minimum Gasteiger partial charge on any atom is -0.256 e. The third-order valence-corrected chi connectivity index (χ3v) is 5.56. The van der Waals surface area contributed by atoms with Crippen LogP contribution in [0.4, 0.5) is 4.39 Å². The zero-order valence-corrected chi connectivity index (χ0v) is 15.8. The summed E-state index contributed by atoms with van der Waals surface area (Å²) in [6, 6.07) is 10.8. The van der Waals surface area contributed by atoms with Crippen LogP contribution in [0.25, 0.3) is 11.3 Å². The third-order valence-electron chi connectivity index (χ3n) is 5.56. The van der Waals surface area contributed by atoms with E-state index < -0.39 is 0 Å². The van der Waals surface area contributed by atoms with Gasteiger partial charge in [0.1, 0.15) is 5.82 Å². The van der Waals surface area contributed by atoms with Crippen molar-refractivity contribution in [2.24, 2.45) is 11.8 Å². The number of rotatable bonds is 7. The van der Waals surface area contributed by atoms with Crippen molar-refractivity contribution in [3.63, 3.8) is 0 Å². The zero-order valence-electron chi connectivity index (χ0n) is 15.8. The number of aromatic nitrogens is 1. The number of pyridine rings is 1. The quantitative estimate of drug-likeness (QED) is 0.490. The van der Waals surface area contributed by atoms with E-state index >= 15 is 0 Å². The molecule has 2 heteroatoms. The monoisotopic (exact) mass is 351 g/mol. The standard InChI is InChI=1S/C24H30FN/c1-2-3-4-5-19-6-8-20(9-7-19)10-11-21-12-17-24(26-18-21)22-13-15-23(25)16-14-22/h4-5,12-20H,2-3,6-11H2,1H3/b5-4+. The lowest BCUT2D eigenvalue weighted by Gasteiger charge is -2.26. The van der Waals surface area contributed by atoms with Crippen molar-refractivity contribution < 1.29 is 4.39 Å². The molecule has 0 unspecified atom stereocenters. The summed E-state index contributed by atoms with van der Waals surface area (Å²) in [6.07, 6.45) is 17.1. The fraction of sp³-hybridized carbons (Fsp3) is 0.458. The van der Waals surface area contributed by atoms with Crippen LogP contribution in [0, 0.1) is 17.7 Å². The molecular formula is C24H30FN. The first kappa shape index (κ1) is 18.8. The first-order valence-corrected chi connectivity index (χ1v) is 10.1. The van der Waals surface area contributed by atoms with Crippen LogP contribution in [0.2, 0.25) is 0 Å². The second-order valence-corrected chi connectivity index (χ2v) is 7.59. The van der Waals surface area contributed by atoms with Crippen molar-refractivity contribution in [3.05, 3.63) is 66.1 Å². The number of hydrogen-bond acceptors (Lipinski definition) is 1. The Kier molecular flexibility index (Phi) is 6.99. The van der Waals surface area contributed by atoms with E-state index in [0.717, 1.165) is 29.5 Å². The van der Waals surface area contributed by atoms with Crippen molar-refractivity contribution in [2.75, 3.05) is 0 Å². The van der Waals surface area contributed by atoms with Crippen LogP contribution in [0.1, 0.15) is 57.4 Å². The Balaban J connectivity index is 1.45. The van der Waals surface area contributed by atoms with Crippen LogP contribution in [0.15, 0.2) is 54.7 Å². The van der Waals surface area contributed by atoms with E-state index in [1.165, 1.54) is 62.6 Å². The molecule has 0 bridgehead atoms. The van der Waals surface area contributed by atoms with E-state index in [2.05, 4.69) is 36.2 Å². The fourth-order valence-corrected chi connectivity index (χ4v) is 3.86. The normalized spacial score (nSPS) is 20.5. The largest absolute Gasteiger partial charge is 0.256 e. The molecule has 0 atom stereocenters. The van der Waals surface area contributed by atoms with Gasteiger partial charge in [-0.25, -0.2) is 4.39 Å². The molecule has 1 aromatic heterocycles. The number of benzene rings is 1. The first-order valence-electron chi connectivity index (χ1n) is 10.1. The minimum absolute atomic E-state index is 0.207. The van der Waals surface area contributed by atoms with Crippen molar-refractivity contribution in [3.8, 4) is 11.3 Å². The molecule has 3 rings (SSSR count). The molecule has 1 nitrogen and oxygen atoms in total. The highest BCUT2D eigenvalue weighted by Gasteiger charge is 2.19. The third kappa shape index (κ3) is 5.52. The summed E-state index contributed by atoms with van der Waals surface area (Å²) in [5, 5.41) is 0. The maximum absolute atomic E-state index is 13.0. The first-order chi connectivity index (χ1) is 12.7. The summed E-state index contributed by atoms with van der Waals surface area (Å²) in [4.78, 5) is 4.56. The molecule has 2 aromatic rings. The van der Waals surface area contributed by atoms with Crippen LogP contribution in [0.5, 0.6) is 0 Å². The molecule has 1 aliphatic rings. The summed E-state index contributed by atoms with van der Waals surface area (Å²) in [7, 11) is 0. The Labute approximate surface area is 157 Å². The van der Waals surface area contributed by atoms with Crippen LogP contribution < -0.4 is 0 Å². The van der Waals surface area contributed by atoms with Gasteiger partial charge in [0.2, 0.25) is 0 Å². The topological polar surface area (TPSA) is 12.9 Å². The SMILES string of the molecule is CCC/C=C/C1CCC(CCc2ccc(-c3ccc(F)cc3)nc2)CC1. The van der Waals surface area contributed by atoms with E-state index in [-0.39, 0.29) is 5.82 Å². The number of aryl methyl sites for hydroxylation is 1. The van der Waals surface area contributed by atoms with Crippen LogP contribution >= 0.6 is 0 Å². The highest BCUT2D eigenvalue weighted by molar-refractivity contribution is 5.58. The van der Waals surface area contributed by atoms with Gasteiger partial charge in [0.05, 0.1) is 5.69 Å². The van der Waals surface area contributed by atoms with Gasteiger partial charge in [-0.1, -0.05) is 31.6 Å². The van der Waals surface area contributed by atoms with Crippen molar-refractivity contribution >= 4 is 0 Å². The maximum atomic E-state index is 13.0. The smallest absolute Gasteiger partial charge is 0.123 e. The lowest BCUT2D eigenvalue weighted by Crippen LogP contribution is -2.13. The molecular weight excluding hydrogens is 321 g/mol. The van der Waals surface area contributed by atoms with Crippen LogP contribution in [-0.4, -0.2) is 4.98 Å². The lowest BCUT2D eigenvalue weighted by atomic mass is 9.79. The van der Waals surface area contributed by atoms with E-state index in [0.29, 0.717) is 0 Å². The molecule has 0 saturated heterocycles. The summed E-state index contributed by atoms with van der Waals surface area (Å²) in [5.41, 5.74) is 3.18. The Hall–Kier alpha value is -1.96. The average Bonchev–Trinajstić information content (AvgIpc) is 2.69. The molecule has 1 saturated carbocycles. The molecule has 0 aliphatic heterocycles. The maximum Gasteiger partial charge on any atom is 0.123 e. The summed E-state index contributed by atoms with van der Waals surface area (Å²) in [6.45, 7) is 2.24. The molecule has 1 fully saturated rings. The molecule has 26 heavy (non-hydrogen) atoms. The summed E-state index contributed by atoms with van der Waals surface area (Å²) in [5.74, 6) is 1.47. The van der Waals surface area contributed by atoms with Crippen LogP contribution in [-0.2, 0) is 6.42 Å². The number of allylic oxidation sites excluding steroid dienone is 2. The molecule has 0 N–H and O–H groups in total. The number of hydrogen-bond donors (Lipinski definition) is 0. The predicted octanol–water partition coefficient (Wildman–Crippen LogP) is 6.98. The molecule has 1 heterocycles. The van der Waals surface area contributed by atoms with Gasteiger partial charge in [0.15, 0.2) is 0 Å². The van der Waals surface area contributed by atoms with E-state index in [9.17, 15) is 4.39 Å². The molecule has 1 aliphatic carbocycles. The molecule has 0 amide bonds. The van der Waals surface area contributed by atoms with Gasteiger partial charge in [-0.05, 0) is 92.7 Å². The number of halogens is 1. The van der Waals surface area contributed by atoms with E-state index in [4.69, 9.17) is 0 Å². The second-order valence-electron chi connectivity index (χ2n) is 7.59. The average molecular weight is 352 g/mol. The van der Waals surface area contributed by atoms with Gasteiger partial charge in [0.25, 0.3) is 0 Å². The van der Waals surface area contributed by atoms with Crippen molar-refractivity contribution in [1.29, 1.82) is 0 Å². The second kappa shape index (κ2) is 9.66. The molecule has 1 aromatic carbocycles. The van der Waals surface area contributed by atoms with Crippen LogP contribution in [0.3, 0.4) is 0 Å². The van der Waals surface area contributed by atoms with Gasteiger partial charge in [-0.3, -0.25) is 4.98 Å². The van der Waals surface area contributed by atoms with E-state index in [1.54, 1.807) is 12.1 Å². The van der Waals surface area contributed by atoms with Gasteiger partial charge in [-0.15, -0.1) is 0 Å². The van der Waals surface area contributed by atoms with Gasteiger partial charge in [0, 0.05) is 11.8 Å². The summed E-state index contributed by atoms with van der Waals surface area (Å²) >= 11 is 0. The lowest BCUT2D eigenvalue weighted by molar-refractivity contribution is 0.296. The highest BCUT2D eigenvalue weighted by Crippen LogP contribution is 2.32. The molecule has 138 valence electrons. The van der Waals surface area contributed by atoms with Gasteiger partial charge < -0.3 is 0 Å². The Morgan fingerprint density at radius 3 is 2.46 bits per heavy atom. The zero-order chi connectivity index (χ0) is 18.2. The Morgan fingerprint density at radius 2 is 1.81 bits per heavy atom. The van der Waals surface area contributed by atoms with Gasteiger partial charge in [-0.2, -0.15) is 0 Å². The summed E-state index contributed by atoms with van der Waals surface area (Å²) < 4.78 is 13.0. The fourth-order valence-electron chi connectivity index (χ4n) is 3.86. The highest BCUT2D eigenvalue weighted by atomic mass is 19.1. The van der Waals surface area contributed by atoms with Crippen molar-refractivity contribution in [1.82, 2.24) is 4.98 Å². The Morgan fingerprint density at radius 1 is 1.04 bits per heavy atom. The van der Waals surface area contributed by atoms with E-state index in [1.807, 2.05) is 6.20 Å². The Bertz CT molecular complexity index is 679. The number of nitrogens with zero attached hydrogens (tertiary/aromatic N) is 1. The minimum atomic E-state index is -0.207.